The molecule has 0 radical (unpaired) electrons. The molecular weight excluding hydrogens is 366 g/mol. The van der Waals surface area contributed by atoms with Crippen molar-refractivity contribution in [2.45, 2.75) is 19.8 Å². The average Bonchev–Trinajstić information content (AvgIpc) is 3.18. The first-order chi connectivity index (χ1) is 14.0. The van der Waals surface area contributed by atoms with Crippen LogP contribution in [0.1, 0.15) is 40.6 Å². The van der Waals surface area contributed by atoms with Gasteiger partial charge in [0.15, 0.2) is 5.78 Å². The fourth-order valence-electron chi connectivity index (χ4n) is 3.77. The zero-order chi connectivity index (χ0) is 20.4. The van der Waals surface area contributed by atoms with E-state index in [4.69, 9.17) is 0 Å². The number of carbonyl (C=O) groups excluding carboxylic acids is 3. The summed E-state index contributed by atoms with van der Waals surface area (Å²) in [6.07, 6.45) is 1.53. The van der Waals surface area contributed by atoms with Crippen LogP contribution in [-0.4, -0.2) is 40.6 Å². The van der Waals surface area contributed by atoms with Crippen molar-refractivity contribution in [3.8, 4) is 0 Å². The minimum atomic E-state index is -0.260. The highest BCUT2D eigenvalue weighted by Crippen LogP contribution is 2.22. The number of nitrogens with zero attached hydrogens (tertiary/aromatic N) is 1. The van der Waals surface area contributed by atoms with E-state index < -0.39 is 0 Å². The van der Waals surface area contributed by atoms with Gasteiger partial charge >= 0.3 is 0 Å². The van der Waals surface area contributed by atoms with E-state index in [1.54, 1.807) is 29.2 Å². The highest BCUT2D eigenvalue weighted by Gasteiger charge is 2.29. The van der Waals surface area contributed by atoms with Gasteiger partial charge in [0.2, 0.25) is 5.91 Å². The summed E-state index contributed by atoms with van der Waals surface area (Å²) >= 11 is 0. The van der Waals surface area contributed by atoms with E-state index in [2.05, 4.69) is 10.3 Å². The quantitative estimate of drug-likeness (QED) is 0.665. The number of aromatic amines is 1. The SMILES string of the molecule is CC(=O)c1ccc(NC(=O)[C@H]2CCCN(C(=O)c3cc4ccccc4[nH]3)C2)cc1. The number of hydrogen-bond acceptors (Lipinski definition) is 3. The molecule has 1 atom stereocenters. The Balaban J connectivity index is 1.42. The number of nitrogens with one attached hydrogen (secondary N) is 2. The van der Waals surface area contributed by atoms with Gasteiger partial charge in [0, 0.05) is 35.2 Å². The lowest BCUT2D eigenvalue weighted by molar-refractivity contribution is -0.121. The van der Waals surface area contributed by atoms with Gasteiger partial charge in [0.1, 0.15) is 5.69 Å². The fraction of sp³-hybridized carbons (Fsp3) is 0.261. The molecule has 0 unspecified atom stereocenters. The minimum absolute atomic E-state index is 0.0127. The Kier molecular flexibility index (Phi) is 5.16. The lowest BCUT2D eigenvalue weighted by atomic mass is 9.96. The Morgan fingerprint density at radius 1 is 1.07 bits per heavy atom. The molecule has 1 aliphatic rings. The van der Waals surface area contributed by atoms with Crippen LogP contribution < -0.4 is 5.32 Å². The van der Waals surface area contributed by atoms with Crippen LogP contribution in [0.3, 0.4) is 0 Å². The van der Waals surface area contributed by atoms with Crippen molar-refractivity contribution in [2.75, 3.05) is 18.4 Å². The molecule has 4 rings (SSSR count). The summed E-state index contributed by atoms with van der Waals surface area (Å²) in [5.41, 5.74) is 2.73. The van der Waals surface area contributed by atoms with Gasteiger partial charge in [-0.25, -0.2) is 0 Å². The van der Waals surface area contributed by atoms with Crippen LogP contribution in [-0.2, 0) is 4.79 Å². The Morgan fingerprint density at radius 3 is 2.55 bits per heavy atom. The maximum Gasteiger partial charge on any atom is 0.270 e. The van der Waals surface area contributed by atoms with Crippen molar-refractivity contribution in [1.82, 2.24) is 9.88 Å². The minimum Gasteiger partial charge on any atom is -0.351 e. The molecule has 1 aliphatic heterocycles. The van der Waals surface area contributed by atoms with Crippen LogP contribution in [0.2, 0.25) is 0 Å². The number of para-hydroxylation sites is 1. The molecule has 0 bridgehead atoms. The summed E-state index contributed by atoms with van der Waals surface area (Å²) in [7, 11) is 0. The molecule has 6 nitrogen and oxygen atoms in total. The van der Waals surface area contributed by atoms with Crippen molar-refractivity contribution in [2.24, 2.45) is 5.92 Å². The number of ketones is 1. The molecule has 2 aromatic carbocycles. The molecule has 3 aromatic rings. The summed E-state index contributed by atoms with van der Waals surface area (Å²) < 4.78 is 0. The van der Waals surface area contributed by atoms with E-state index in [0.717, 1.165) is 23.7 Å². The predicted molar refractivity (Wildman–Crippen MR) is 112 cm³/mol. The highest BCUT2D eigenvalue weighted by atomic mass is 16.2. The molecule has 0 aliphatic carbocycles. The summed E-state index contributed by atoms with van der Waals surface area (Å²) in [5.74, 6) is -0.454. The van der Waals surface area contributed by atoms with Crippen LogP contribution >= 0.6 is 0 Å². The lowest BCUT2D eigenvalue weighted by Crippen LogP contribution is -2.43. The number of Topliss-reactive ketones (excluding diaryl/α,β-unsaturated/α-hetero) is 1. The third-order valence-corrected chi connectivity index (χ3v) is 5.40. The average molecular weight is 389 g/mol. The number of carbonyl (C=O) groups is 3. The third-order valence-electron chi connectivity index (χ3n) is 5.40. The molecule has 2 heterocycles. The Labute approximate surface area is 168 Å². The molecule has 1 saturated heterocycles. The number of hydrogen-bond donors (Lipinski definition) is 2. The second kappa shape index (κ2) is 7.91. The zero-order valence-electron chi connectivity index (χ0n) is 16.3. The van der Waals surface area contributed by atoms with Crippen LogP contribution in [0, 0.1) is 5.92 Å². The zero-order valence-corrected chi connectivity index (χ0v) is 16.3. The standard InChI is InChI=1S/C23H23N3O3/c1-15(27)16-8-10-19(11-9-16)24-22(28)18-6-4-12-26(14-18)23(29)21-13-17-5-2-3-7-20(17)25-21/h2-3,5,7-11,13,18,25H,4,6,12,14H2,1H3,(H,24,28)/t18-/m0/s1. The summed E-state index contributed by atoms with van der Waals surface area (Å²) in [6, 6.07) is 16.5. The topological polar surface area (TPSA) is 82.3 Å². The number of rotatable bonds is 4. The van der Waals surface area contributed by atoms with Crippen molar-refractivity contribution in [3.05, 3.63) is 65.9 Å². The first-order valence-electron chi connectivity index (χ1n) is 9.80. The van der Waals surface area contributed by atoms with Gasteiger partial charge in [0.25, 0.3) is 5.91 Å². The van der Waals surface area contributed by atoms with E-state index in [-0.39, 0.29) is 23.5 Å². The highest BCUT2D eigenvalue weighted by molar-refractivity contribution is 5.99. The summed E-state index contributed by atoms with van der Waals surface area (Å²) in [6.45, 7) is 2.55. The van der Waals surface area contributed by atoms with Gasteiger partial charge in [0.05, 0.1) is 5.92 Å². The Morgan fingerprint density at radius 2 is 1.83 bits per heavy atom. The maximum absolute atomic E-state index is 12.9. The monoisotopic (exact) mass is 389 g/mol. The van der Waals surface area contributed by atoms with E-state index in [1.165, 1.54) is 6.92 Å². The molecule has 2 amide bonds. The van der Waals surface area contributed by atoms with Gasteiger partial charge in [-0.2, -0.15) is 0 Å². The first kappa shape index (κ1) is 18.9. The number of anilines is 1. The molecule has 1 fully saturated rings. The Bertz CT molecular complexity index is 1040. The molecule has 0 saturated carbocycles. The van der Waals surface area contributed by atoms with Crippen molar-refractivity contribution < 1.29 is 14.4 Å². The van der Waals surface area contributed by atoms with Crippen LogP contribution in [0.15, 0.2) is 54.6 Å². The van der Waals surface area contributed by atoms with Gasteiger partial charge < -0.3 is 15.2 Å². The van der Waals surface area contributed by atoms with Gasteiger partial charge in [-0.05, 0) is 56.2 Å². The fourth-order valence-corrected chi connectivity index (χ4v) is 3.77. The van der Waals surface area contributed by atoms with Crippen molar-refractivity contribution in [3.63, 3.8) is 0 Å². The van der Waals surface area contributed by atoms with E-state index in [9.17, 15) is 14.4 Å². The molecular formula is C23H23N3O3. The van der Waals surface area contributed by atoms with E-state index >= 15 is 0 Å². The molecule has 0 spiro atoms. The summed E-state index contributed by atoms with van der Waals surface area (Å²) in [4.78, 5) is 41.9. The number of likely N-dealkylation sites (tertiary alicyclic amines) is 1. The largest absolute Gasteiger partial charge is 0.351 e. The normalized spacial score (nSPS) is 16.6. The Hall–Kier alpha value is -3.41. The lowest BCUT2D eigenvalue weighted by Gasteiger charge is -2.31. The molecule has 2 N–H and O–H groups in total. The van der Waals surface area contributed by atoms with Crippen molar-refractivity contribution in [1.29, 1.82) is 0 Å². The first-order valence-corrected chi connectivity index (χ1v) is 9.80. The number of benzene rings is 2. The molecule has 29 heavy (non-hydrogen) atoms. The smallest absolute Gasteiger partial charge is 0.270 e. The third kappa shape index (κ3) is 4.06. The predicted octanol–water partition coefficient (Wildman–Crippen LogP) is 3.86. The summed E-state index contributed by atoms with van der Waals surface area (Å²) in [5, 5.41) is 3.90. The molecule has 6 heteroatoms. The second-order valence-corrected chi connectivity index (χ2v) is 7.48. The van der Waals surface area contributed by atoms with E-state index in [1.807, 2.05) is 30.3 Å². The molecule has 1 aromatic heterocycles. The number of fused-ring (bicyclic) bond motifs is 1. The van der Waals surface area contributed by atoms with Gasteiger partial charge in [-0.3, -0.25) is 14.4 Å². The second-order valence-electron chi connectivity index (χ2n) is 7.48. The van der Waals surface area contributed by atoms with Gasteiger partial charge in [-0.15, -0.1) is 0 Å². The maximum atomic E-state index is 12.9. The van der Waals surface area contributed by atoms with E-state index in [0.29, 0.717) is 30.0 Å². The van der Waals surface area contributed by atoms with Crippen molar-refractivity contribution >= 4 is 34.2 Å². The molecule has 148 valence electrons. The van der Waals surface area contributed by atoms with Crippen LogP contribution in [0.5, 0.6) is 0 Å². The van der Waals surface area contributed by atoms with Crippen LogP contribution in [0.25, 0.3) is 10.9 Å². The number of aromatic nitrogens is 1. The van der Waals surface area contributed by atoms with Crippen LogP contribution in [0.4, 0.5) is 5.69 Å². The number of H-pyrrole nitrogens is 1. The van der Waals surface area contributed by atoms with Gasteiger partial charge in [-0.1, -0.05) is 18.2 Å². The number of amides is 2. The number of piperidine rings is 1.